The Bertz CT molecular complexity index is 1880. The molecule has 0 aliphatic heterocycles. The zero-order valence-electron chi connectivity index (χ0n) is 24.4. The van der Waals surface area contributed by atoms with Crippen LogP contribution in [-0.4, -0.2) is 0 Å². The van der Waals surface area contributed by atoms with Gasteiger partial charge in [-0.25, -0.2) is 4.57 Å². The lowest BCUT2D eigenvalue weighted by molar-refractivity contribution is -0.660. The topological polar surface area (TPSA) is 17.0 Å². The van der Waals surface area contributed by atoms with E-state index >= 15 is 0 Å². The number of benzene rings is 4. The van der Waals surface area contributed by atoms with Gasteiger partial charge in [0.05, 0.1) is 5.56 Å². The Morgan fingerprint density at radius 3 is 2.30 bits per heavy atom. The lowest BCUT2D eigenvalue weighted by Gasteiger charge is -2.09. The maximum absolute atomic E-state index is 7.91. The first-order valence-electron chi connectivity index (χ1n) is 13.9. The number of hydrogen-bond acceptors (Lipinski definition) is 1. The third-order valence-corrected chi connectivity index (χ3v) is 6.41. The molecular weight excluding hydrogens is 402 g/mol. The summed E-state index contributed by atoms with van der Waals surface area (Å²) in [5.74, 6) is 0. The van der Waals surface area contributed by atoms with Crippen molar-refractivity contribution in [2.75, 3.05) is 0 Å². The molecule has 4 aromatic carbocycles. The van der Waals surface area contributed by atoms with Gasteiger partial charge in [-0.1, -0.05) is 71.8 Å². The normalized spacial score (nSPS) is 15.1. The van der Waals surface area contributed by atoms with Crippen molar-refractivity contribution in [3.63, 3.8) is 0 Å². The van der Waals surface area contributed by atoms with Gasteiger partial charge < -0.3 is 4.42 Å². The second kappa shape index (κ2) is 7.31. The van der Waals surface area contributed by atoms with Crippen LogP contribution in [-0.2, 0) is 7.05 Å². The molecule has 2 aromatic heterocycles. The van der Waals surface area contributed by atoms with E-state index in [9.17, 15) is 0 Å². The van der Waals surface area contributed by atoms with Crippen LogP contribution in [0.15, 0.2) is 89.5 Å². The fraction of sp³-hybridized carbons (Fsp3) is 0.129. The summed E-state index contributed by atoms with van der Waals surface area (Å²) in [5.41, 5.74) is 5.70. The predicted octanol–water partition coefficient (Wildman–Crippen LogP) is 7.82. The van der Waals surface area contributed by atoms with Crippen LogP contribution in [0.3, 0.4) is 0 Å². The van der Waals surface area contributed by atoms with Crippen molar-refractivity contribution < 1.29 is 17.2 Å². The van der Waals surface area contributed by atoms with E-state index in [-0.39, 0.29) is 11.1 Å². The molecular formula is C31H26NO+. The molecule has 2 heteroatoms. The molecule has 0 aliphatic carbocycles. The van der Waals surface area contributed by atoms with Gasteiger partial charge in [0.2, 0.25) is 5.69 Å². The molecule has 0 unspecified atom stereocenters. The molecule has 0 saturated carbocycles. The molecule has 0 spiro atoms. The molecule has 2 heterocycles. The lowest BCUT2D eigenvalue weighted by atomic mass is 9.96. The fourth-order valence-electron chi connectivity index (χ4n) is 4.78. The quantitative estimate of drug-likeness (QED) is 0.254. The maximum atomic E-state index is 7.91. The molecule has 2 nitrogen and oxygen atoms in total. The lowest BCUT2D eigenvalue weighted by Crippen LogP contribution is -2.30. The van der Waals surface area contributed by atoms with Crippen LogP contribution < -0.4 is 4.57 Å². The van der Waals surface area contributed by atoms with Crippen molar-refractivity contribution >= 4 is 32.7 Å². The summed E-state index contributed by atoms with van der Waals surface area (Å²) in [7, 11) is 1.95. The van der Waals surface area contributed by atoms with Crippen molar-refractivity contribution in [2.45, 2.75) is 20.6 Å². The van der Waals surface area contributed by atoms with E-state index < -0.39 is 13.7 Å². The SMILES string of the molecule is [2H]C([2H])([2H])c1cc(-c2cc[n+](C)c(-c3c(C)ccc4c3oc3c5ccccc5ccc43)c2)cc(C([2H])([2H])[2H])c1. The third-order valence-electron chi connectivity index (χ3n) is 6.41. The van der Waals surface area contributed by atoms with E-state index in [4.69, 9.17) is 12.6 Å². The molecule has 33 heavy (non-hydrogen) atoms. The van der Waals surface area contributed by atoms with Crippen LogP contribution in [0.4, 0.5) is 0 Å². The van der Waals surface area contributed by atoms with Gasteiger partial charge in [-0.2, -0.15) is 0 Å². The summed E-state index contributed by atoms with van der Waals surface area (Å²) in [6.07, 6.45) is 1.90. The minimum absolute atomic E-state index is 0.00310. The molecule has 0 bridgehead atoms. The van der Waals surface area contributed by atoms with Crippen LogP contribution >= 0.6 is 0 Å². The van der Waals surface area contributed by atoms with Gasteiger partial charge in [0.15, 0.2) is 6.20 Å². The average Bonchev–Trinajstić information content (AvgIpc) is 3.27. The van der Waals surface area contributed by atoms with Crippen LogP contribution in [0.5, 0.6) is 0 Å². The van der Waals surface area contributed by atoms with Crippen LogP contribution in [0, 0.1) is 20.6 Å². The molecule has 0 radical (unpaired) electrons. The van der Waals surface area contributed by atoms with Gasteiger partial charge in [-0.3, -0.25) is 0 Å². The zero-order valence-corrected chi connectivity index (χ0v) is 18.4. The highest BCUT2D eigenvalue weighted by Gasteiger charge is 2.22. The van der Waals surface area contributed by atoms with Gasteiger partial charge >= 0.3 is 0 Å². The van der Waals surface area contributed by atoms with E-state index in [1.807, 2.05) is 49.0 Å². The first kappa shape index (κ1) is 14.3. The molecule has 6 aromatic rings. The predicted molar refractivity (Wildman–Crippen MR) is 137 cm³/mol. The second-order valence-electron chi connectivity index (χ2n) is 8.61. The van der Waals surface area contributed by atoms with E-state index in [0.29, 0.717) is 5.56 Å². The molecule has 160 valence electrons. The minimum Gasteiger partial charge on any atom is -0.454 e. The molecule has 0 aliphatic rings. The minimum atomic E-state index is -2.43. The van der Waals surface area contributed by atoms with Gasteiger partial charge in [0.1, 0.15) is 18.2 Å². The first-order valence-corrected chi connectivity index (χ1v) is 10.9. The van der Waals surface area contributed by atoms with E-state index in [0.717, 1.165) is 55.1 Å². The molecule has 0 N–H and O–H groups in total. The number of aryl methyl sites for hydroxylation is 4. The van der Waals surface area contributed by atoms with E-state index in [1.165, 1.54) is 6.07 Å². The molecule has 6 rings (SSSR count). The number of hydrogen-bond donors (Lipinski definition) is 0. The van der Waals surface area contributed by atoms with Crippen molar-refractivity contribution in [1.29, 1.82) is 0 Å². The highest BCUT2D eigenvalue weighted by molar-refractivity contribution is 6.17. The Labute approximate surface area is 202 Å². The zero-order chi connectivity index (χ0) is 27.7. The van der Waals surface area contributed by atoms with Gasteiger partial charge in [-0.15, -0.1) is 0 Å². The maximum Gasteiger partial charge on any atom is 0.216 e. The standard InChI is InChI=1S/C31H26NO/c1-19-15-20(2)17-24(16-19)23-13-14-32(4)28(18-23)29-21(3)9-11-27-26-12-10-22-7-5-6-8-25(22)30(26)33-31(27)29/h5-18H,1-4H3/q+1/i1D3,2D3. The number of fused-ring (bicyclic) bond motifs is 5. The second-order valence-corrected chi connectivity index (χ2v) is 8.61. The van der Waals surface area contributed by atoms with Crippen molar-refractivity contribution in [2.24, 2.45) is 7.05 Å². The number of nitrogens with zero attached hydrogens (tertiary/aromatic N) is 1. The van der Waals surface area contributed by atoms with Crippen LogP contribution in [0.2, 0.25) is 0 Å². The molecule has 0 fully saturated rings. The van der Waals surface area contributed by atoms with E-state index in [2.05, 4.69) is 36.4 Å². The highest BCUT2D eigenvalue weighted by atomic mass is 16.3. The first-order chi connectivity index (χ1) is 18.4. The summed E-state index contributed by atoms with van der Waals surface area (Å²) in [6.45, 7) is -2.83. The molecule has 0 amide bonds. The smallest absolute Gasteiger partial charge is 0.216 e. The van der Waals surface area contributed by atoms with Crippen molar-refractivity contribution in [1.82, 2.24) is 0 Å². The van der Waals surface area contributed by atoms with Crippen molar-refractivity contribution in [3.05, 3.63) is 102 Å². The summed E-state index contributed by atoms with van der Waals surface area (Å²) in [5, 5.41) is 4.20. The van der Waals surface area contributed by atoms with E-state index in [1.54, 1.807) is 12.1 Å². The largest absolute Gasteiger partial charge is 0.454 e. The third kappa shape index (κ3) is 3.14. The number of furan rings is 1. The summed E-state index contributed by atoms with van der Waals surface area (Å²) in [6, 6.07) is 24.7. The van der Waals surface area contributed by atoms with Crippen molar-refractivity contribution in [3.8, 4) is 22.4 Å². The Kier molecular flexibility index (Phi) is 3.17. The Morgan fingerprint density at radius 1 is 0.727 bits per heavy atom. The van der Waals surface area contributed by atoms with Gasteiger partial charge in [0.25, 0.3) is 0 Å². The summed E-state index contributed by atoms with van der Waals surface area (Å²) < 4.78 is 56.0. The highest BCUT2D eigenvalue weighted by Crippen LogP contribution is 2.40. The summed E-state index contributed by atoms with van der Waals surface area (Å²) in [4.78, 5) is 0. The average molecular weight is 435 g/mol. The summed E-state index contributed by atoms with van der Waals surface area (Å²) >= 11 is 0. The molecule has 0 saturated heterocycles. The van der Waals surface area contributed by atoms with Crippen LogP contribution in [0.1, 0.15) is 24.9 Å². The Hall–Kier alpha value is -3.91. The molecule has 0 atom stereocenters. The monoisotopic (exact) mass is 434 g/mol. The van der Waals surface area contributed by atoms with Gasteiger partial charge in [-0.05, 0) is 48.8 Å². The van der Waals surface area contributed by atoms with Gasteiger partial charge in [0, 0.05) is 36.5 Å². The number of pyridine rings is 1. The Morgan fingerprint density at radius 2 is 1.48 bits per heavy atom. The van der Waals surface area contributed by atoms with Crippen LogP contribution in [0.25, 0.3) is 55.1 Å². The number of rotatable bonds is 2. The number of aromatic nitrogens is 1. The Balaban J connectivity index is 1.61. The fourth-order valence-corrected chi connectivity index (χ4v) is 4.78.